The number of allylic oxidation sites excluding steroid dienone is 1. The van der Waals surface area contributed by atoms with Gasteiger partial charge in [-0.15, -0.1) is 17.9 Å². The molecule has 4 nitrogen and oxygen atoms in total. The summed E-state index contributed by atoms with van der Waals surface area (Å²) in [6, 6.07) is 0. The van der Waals surface area contributed by atoms with Crippen LogP contribution < -0.4 is 5.32 Å². The van der Waals surface area contributed by atoms with Crippen LogP contribution in [0.2, 0.25) is 0 Å². The molecule has 118 valence electrons. The summed E-state index contributed by atoms with van der Waals surface area (Å²) in [6.07, 6.45) is 4.07. The van der Waals surface area contributed by atoms with E-state index in [0.717, 1.165) is 31.0 Å². The summed E-state index contributed by atoms with van der Waals surface area (Å²) in [5.74, 6) is 0.907. The Morgan fingerprint density at radius 2 is 2.24 bits per heavy atom. The topological polar surface area (TPSA) is 40.5 Å². The lowest BCUT2D eigenvalue weighted by Crippen LogP contribution is -2.39. The lowest BCUT2D eigenvalue weighted by Gasteiger charge is -2.21. The highest BCUT2D eigenvalue weighted by Gasteiger charge is 2.18. The molecule has 0 amide bonds. The second-order valence-electron chi connectivity index (χ2n) is 6.15. The number of guanidine groups is 1. The summed E-state index contributed by atoms with van der Waals surface area (Å²) >= 11 is 1.73. The highest BCUT2D eigenvalue weighted by molar-refractivity contribution is 7.09. The van der Waals surface area contributed by atoms with E-state index in [4.69, 9.17) is 4.98 Å². The second kappa shape index (κ2) is 8.17. The summed E-state index contributed by atoms with van der Waals surface area (Å²) in [6.45, 7) is 12.0. The zero-order valence-electron chi connectivity index (χ0n) is 13.9. The van der Waals surface area contributed by atoms with Gasteiger partial charge >= 0.3 is 0 Å². The van der Waals surface area contributed by atoms with Gasteiger partial charge in [-0.25, -0.2) is 4.98 Å². The van der Waals surface area contributed by atoms with Gasteiger partial charge in [0.25, 0.3) is 0 Å². The van der Waals surface area contributed by atoms with Gasteiger partial charge in [-0.3, -0.25) is 4.99 Å². The highest BCUT2D eigenvalue weighted by atomic mass is 32.1. The fourth-order valence-corrected chi connectivity index (χ4v) is 2.77. The molecule has 21 heavy (non-hydrogen) atoms. The fourth-order valence-electron chi connectivity index (χ4n) is 1.87. The van der Waals surface area contributed by atoms with E-state index in [0.29, 0.717) is 6.54 Å². The number of hydrogen-bond acceptors (Lipinski definition) is 3. The number of thiazole rings is 1. The van der Waals surface area contributed by atoms with Crippen molar-refractivity contribution in [3.63, 3.8) is 0 Å². The third kappa shape index (κ3) is 5.87. The predicted octanol–water partition coefficient (Wildman–Crippen LogP) is 3.41. The first-order valence-electron chi connectivity index (χ1n) is 7.36. The van der Waals surface area contributed by atoms with Gasteiger partial charge in [0.2, 0.25) is 0 Å². The van der Waals surface area contributed by atoms with Crippen LogP contribution >= 0.6 is 11.3 Å². The molecule has 1 aromatic heterocycles. The second-order valence-corrected chi connectivity index (χ2v) is 7.01. The molecule has 0 aliphatic heterocycles. The molecule has 0 radical (unpaired) electrons. The van der Waals surface area contributed by atoms with Crippen molar-refractivity contribution in [2.45, 2.75) is 45.6 Å². The molecule has 0 fully saturated rings. The molecule has 0 aromatic carbocycles. The largest absolute Gasteiger partial charge is 0.351 e. The summed E-state index contributed by atoms with van der Waals surface area (Å²) in [5, 5.41) is 6.67. The minimum atomic E-state index is 0.117. The lowest BCUT2D eigenvalue weighted by atomic mass is 9.98. The van der Waals surface area contributed by atoms with Gasteiger partial charge < -0.3 is 10.2 Å². The van der Waals surface area contributed by atoms with Crippen molar-refractivity contribution in [2.75, 3.05) is 20.6 Å². The predicted molar refractivity (Wildman–Crippen MR) is 93.1 cm³/mol. The monoisotopic (exact) mass is 308 g/mol. The summed E-state index contributed by atoms with van der Waals surface area (Å²) in [5.41, 5.74) is 1.19. The molecule has 5 heteroatoms. The number of nitrogens with zero attached hydrogens (tertiary/aromatic N) is 3. The molecular weight excluding hydrogens is 280 g/mol. The Hall–Kier alpha value is -1.36. The van der Waals surface area contributed by atoms with E-state index in [-0.39, 0.29) is 5.41 Å². The molecule has 0 aliphatic carbocycles. The average molecular weight is 308 g/mol. The van der Waals surface area contributed by atoms with Crippen LogP contribution in [0, 0.1) is 0 Å². The summed E-state index contributed by atoms with van der Waals surface area (Å²) in [4.78, 5) is 11.1. The quantitative estimate of drug-likeness (QED) is 0.379. The smallest absolute Gasteiger partial charge is 0.193 e. The van der Waals surface area contributed by atoms with Crippen molar-refractivity contribution in [2.24, 2.45) is 4.99 Å². The van der Waals surface area contributed by atoms with E-state index >= 15 is 0 Å². The molecule has 0 bridgehead atoms. The molecule has 1 aromatic rings. The van der Waals surface area contributed by atoms with Crippen LogP contribution in [0.1, 0.15) is 44.3 Å². The van der Waals surface area contributed by atoms with Crippen LogP contribution in [-0.2, 0) is 12.0 Å². The maximum Gasteiger partial charge on any atom is 0.193 e. The molecule has 0 spiro atoms. The van der Waals surface area contributed by atoms with Crippen LogP contribution in [0.5, 0.6) is 0 Å². The van der Waals surface area contributed by atoms with E-state index in [1.165, 1.54) is 5.01 Å². The number of hydrogen-bond donors (Lipinski definition) is 1. The van der Waals surface area contributed by atoms with Crippen LogP contribution in [0.3, 0.4) is 0 Å². The third-order valence-electron chi connectivity index (χ3n) is 3.10. The van der Waals surface area contributed by atoms with Crippen LogP contribution in [0.25, 0.3) is 0 Å². The van der Waals surface area contributed by atoms with Crippen molar-refractivity contribution < 1.29 is 0 Å². The van der Waals surface area contributed by atoms with Crippen molar-refractivity contribution in [1.29, 1.82) is 0 Å². The van der Waals surface area contributed by atoms with E-state index < -0.39 is 0 Å². The maximum absolute atomic E-state index is 4.69. The molecule has 1 heterocycles. The molecule has 0 atom stereocenters. The van der Waals surface area contributed by atoms with Gasteiger partial charge in [0, 0.05) is 31.4 Å². The molecule has 1 rings (SSSR count). The van der Waals surface area contributed by atoms with Crippen LogP contribution in [0.4, 0.5) is 0 Å². The molecular formula is C16H28N4S. The maximum atomic E-state index is 4.69. The zero-order chi connectivity index (χ0) is 15.9. The fraction of sp³-hybridized carbons (Fsp3) is 0.625. The first-order chi connectivity index (χ1) is 9.88. The first kappa shape index (κ1) is 17.7. The number of rotatable bonds is 6. The lowest BCUT2D eigenvalue weighted by molar-refractivity contribution is 0.469. The summed E-state index contributed by atoms with van der Waals surface area (Å²) < 4.78 is 0. The SMILES string of the molecule is C=CCCCN(C)C(=NC)NCc1csc(C(C)(C)C)n1. The standard InChI is InChI=1S/C16H28N4S/c1-7-8-9-10-20(6)15(17-5)18-11-13-12-21-14(19-13)16(2,3)4/h7,12H,1,8-11H2,2-6H3,(H,17,18). The minimum Gasteiger partial charge on any atom is -0.351 e. The van der Waals surface area contributed by atoms with Gasteiger partial charge in [0.1, 0.15) is 0 Å². The highest BCUT2D eigenvalue weighted by Crippen LogP contribution is 2.25. The van der Waals surface area contributed by atoms with Gasteiger partial charge in [-0.05, 0) is 12.8 Å². The molecule has 0 aliphatic rings. The van der Waals surface area contributed by atoms with E-state index in [1.807, 2.05) is 13.1 Å². The number of aromatic nitrogens is 1. The van der Waals surface area contributed by atoms with E-state index in [1.54, 1.807) is 11.3 Å². The molecule has 0 saturated heterocycles. The van der Waals surface area contributed by atoms with Crippen molar-refractivity contribution in [1.82, 2.24) is 15.2 Å². The Morgan fingerprint density at radius 1 is 1.52 bits per heavy atom. The van der Waals surface area contributed by atoms with Crippen molar-refractivity contribution in [3.05, 3.63) is 28.7 Å². The molecule has 0 saturated carbocycles. The Bertz CT molecular complexity index is 471. The van der Waals surface area contributed by atoms with E-state index in [9.17, 15) is 0 Å². The Balaban J connectivity index is 2.52. The Labute approximate surface area is 133 Å². The third-order valence-corrected chi connectivity index (χ3v) is 4.41. The van der Waals surface area contributed by atoms with E-state index in [2.05, 4.69) is 55.0 Å². The normalized spacial score (nSPS) is 12.3. The number of aliphatic imine (C=N–C) groups is 1. The Morgan fingerprint density at radius 3 is 2.76 bits per heavy atom. The minimum absolute atomic E-state index is 0.117. The van der Waals surface area contributed by atoms with Crippen LogP contribution in [0.15, 0.2) is 23.0 Å². The Kier molecular flexibility index (Phi) is 6.89. The molecule has 0 unspecified atom stereocenters. The molecule has 1 N–H and O–H groups in total. The number of unbranched alkanes of at least 4 members (excludes halogenated alkanes) is 1. The van der Waals surface area contributed by atoms with Gasteiger partial charge in [-0.2, -0.15) is 0 Å². The van der Waals surface area contributed by atoms with Gasteiger partial charge in [0.15, 0.2) is 5.96 Å². The zero-order valence-corrected chi connectivity index (χ0v) is 14.8. The first-order valence-corrected chi connectivity index (χ1v) is 8.24. The average Bonchev–Trinajstić information content (AvgIpc) is 2.88. The number of nitrogens with one attached hydrogen (secondary N) is 1. The van der Waals surface area contributed by atoms with Gasteiger partial charge in [-0.1, -0.05) is 26.8 Å². The van der Waals surface area contributed by atoms with Crippen molar-refractivity contribution in [3.8, 4) is 0 Å². The van der Waals surface area contributed by atoms with Crippen LogP contribution in [-0.4, -0.2) is 36.5 Å². The van der Waals surface area contributed by atoms with Gasteiger partial charge in [0.05, 0.1) is 17.2 Å². The summed E-state index contributed by atoms with van der Waals surface area (Å²) in [7, 11) is 3.87. The van der Waals surface area contributed by atoms with Crippen molar-refractivity contribution >= 4 is 17.3 Å².